The third kappa shape index (κ3) is 4.44. The lowest BCUT2D eigenvalue weighted by atomic mass is 9.92. The summed E-state index contributed by atoms with van der Waals surface area (Å²) in [5.74, 6) is 1.60. The van der Waals surface area contributed by atoms with Gasteiger partial charge in [-0.2, -0.15) is 5.26 Å². The maximum Gasteiger partial charge on any atom is 0.227 e. The molecular weight excluding hydrogens is 288 g/mol. The number of aromatic nitrogens is 1. The summed E-state index contributed by atoms with van der Waals surface area (Å²) in [7, 11) is 1.90. The van der Waals surface area contributed by atoms with Gasteiger partial charge in [-0.3, -0.25) is 4.79 Å². The third-order valence-corrected chi connectivity index (χ3v) is 4.33. The summed E-state index contributed by atoms with van der Waals surface area (Å²) in [4.78, 5) is 20.7. The predicted octanol–water partition coefficient (Wildman–Crippen LogP) is 2.67. The number of carbonyl (C=O) groups is 1. The average Bonchev–Trinajstić information content (AvgIpc) is 2.54. The van der Waals surface area contributed by atoms with Gasteiger partial charge in [0.05, 0.1) is 11.6 Å². The van der Waals surface area contributed by atoms with E-state index in [4.69, 9.17) is 5.26 Å². The van der Waals surface area contributed by atoms with Gasteiger partial charge in [-0.1, -0.05) is 20.8 Å². The summed E-state index contributed by atoms with van der Waals surface area (Å²) in [6, 6.07) is 5.73. The molecule has 0 unspecified atom stereocenters. The van der Waals surface area contributed by atoms with E-state index in [-0.39, 0.29) is 11.3 Å². The van der Waals surface area contributed by atoms with Gasteiger partial charge in [-0.05, 0) is 30.9 Å². The fraction of sp³-hybridized carbons (Fsp3) is 0.611. The van der Waals surface area contributed by atoms with Crippen molar-refractivity contribution < 1.29 is 4.79 Å². The number of nitriles is 1. The van der Waals surface area contributed by atoms with Crippen molar-refractivity contribution in [1.29, 1.82) is 5.26 Å². The van der Waals surface area contributed by atoms with Crippen molar-refractivity contribution in [2.75, 3.05) is 31.6 Å². The Labute approximate surface area is 138 Å². The molecule has 2 heterocycles. The summed E-state index contributed by atoms with van der Waals surface area (Å²) in [5, 5.41) is 8.99. The number of carbonyl (C=O) groups excluding carboxylic acids is 1. The minimum absolute atomic E-state index is 0.198. The fourth-order valence-electron chi connectivity index (χ4n) is 3.05. The summed E-state index contributed by atoms with van der Waals surface area (Å²) < 4.78 is 0. The molecule has 124 valence electrons. The molecule has 23 heavy (non-hydrogen) atoms. The van der Waals surface area contributed by atoms with Gasteiger partial charge in [0.2, 0.25) is 5.91 Å². The molecule has 0 radical (unpaired) electrons. The number of rotatable bonds is 3. The highest BCUT2D eigenvalue weighted by Gasteiger charge is 2.28. The first-order valence-electron chi connectivity index (χ1n) is 8.18. The van der Waals surface area contributed by atoms with Crippen LogP contribution in [0.4, 0.5) is 5.82 Å². The molecule has 0 atom stereocenters. The molecule has 1 aliphatic heterocycles. The maximum atomic E-state index is 12.3. The first-order valence-corrected chi connectivity index (χ1v) is 8.18. The Hall–Kier alpha value is -2.09. The van der Waals surface area contributed by atoms with Crippen molar-refractivity contribution in [3.8, 4) is 6.07 Å². The van der Waals surface area contributed by atoms with Crippen molar-refractivity contribution in [2.45, 2.75) is 33.6 Å². The van der Waals surface area contributed by atoms with Crippen LogP contribution in [0.5, 0.6) is 0 Å². The van der Waals surface area contributed by atoms with Crippen LogP contribution >= 0.6 is 0 Å². The Kier molecular flexibility index (Phi) is 5.25. The highest BCUT2D eigenvalue weighted by Crippen LogP contribution is 2.24. The standard InChI is InChI=1S/C18H26N4O/c1-18(2,3)17(23)21(4)13-14-6-9-22(10-7-14)16-11-15(12-19)5-8-20-16/h5,8,11,14H,6-7,9-10,13H2,1-4H3. The molecule has 1 saturated heterocycles. The molecule has 1 aromatic rings. The number of hydrogen-bond donors (Lipinski definition) is 0. The molecule has 5 heteroatoms. The van der Waals surface area contributed by atoms with E-state index in [2.05, 4.69) is 16.0 Å². The van der Waals surface area contributed by atoms with Gasteiger partial charge in [0.1, 0.15) is 5.82 Å². The van der Waals surface area contributed by atoms with Crippen molar-refractivity contribution in [1.82, 2.24) is 9.88 Å². The van der Waals surface area contributed by atoms with Crippen LogP contribution in [-0.2, 0) is 4.79 Å². The molecular formula is C18H26N4O. The summed E-state index contributed by atoms with van der Waals surface area (Å²) in [6.07, 6.45) is 3.77. The average molecular weight is 314 g/mol. The molecule has 0 bridgehead atoms. The topological polar surface area (TPSA) is 60.2 Å². The quantitative estimate of drug-likeness (QED) is 0.860. The number of hydrogen-bond acceptors (Lipinski definition) is 4. The highest BCUT2D eigenvalue weighted by atomic mass is 16.2. The monoisotopic (exact) mass is 314 g/mol. The van der Waals surface area contributed by atoms with E-state index in [1.54, 1.807) is 12.3 Å². The Morgan fingerprint density at radius 2 is 2.09 bits per heavy atom. The number of amides is 1. The first kappa shape index (κ1) is 17.3. The van der Waals surface area contributed by atoms with E-state index in [0.29, 0.717) is 11.5 Å². The molecule has 0 spiro atoms. The summed E-state index contributed by atoms with van der Waals surface area (Å²) in [5.41, 5.74) is 0.324. The van der Waals surface area contributed by atoms with Gasteiger partial charge in [0, 0.05) is 38.3 Å². The number of anilines is 1. The molecule has 1 aromatic heterocycles. The van der Waals surface area contributed by atoms with Gasteiger partial charge in [-0.25, -0.2) is 4.98 Å². The van der Waals surface area contributed by atoms with Crippen molar-refractivity contribution in [2.24, 2.45) is 11.3 Å². The number of nitrogens with zero attached hydrogens (tertiary/aromatic N) is 4. The second kappa shape index (κ2) is 6.99. The number of piperidine rings is 1. The SMILES string of the molecule is CN(CC1CCN(c2cc(C#N)ccn2)CC1)C(=O)C(C)(C)C. The molecule has 1 amide bonds. The van der Waals surface area contributed by atoms with Crippen LogP contribution in [0.25, 0.3) is 0 Å². The molecule has 0 aliphatic carbocycles. The molecule has 2 rings (SSSR count). The largest absolute Gasteiger partial charge is 0.357 e. The Bertz CT molecular complexity index is 592. The van der Waals surface area contributed by atoms with E-state index in [0.717, 1.165) is 38.3 Å². The van der Waals surface area contributed by atoms with Gasteiger partial charge in [0.15, 0.2) is 0 Å². The van der Waals surface area contributed by atoms with E-state index >= 15 is 0 Å². The molecule has 1 aliphatic rings. The lowest BCUT2D eigenvalue weighted by molar-refractivity contribution is -0.138. The highest BCUT2D eigenvalue weighted by molar-refractivity contribution is 5.81. The fourth-order valence-corrected chi connectivity index (χ4v) is 3.05. The second-order valence-electron chi connectivity index (χ2n) is 7.38. The van der Waals surface area contributed by atoms with Gasteiger partial charge in [0.25, 0.3) is 0 Å². The van der Waals surface area contributed by atoms with Crippen molar-refractivity contribution in [3.63, 3.8) is 0 Å². The zero-order valence-corrected chi connectivity index (χ0v) is 14.5. The summed E-state index contributed by atoms with van der Waals surface area (Å²) in [6.45, 7) is 8.54. The zero-order valence-electron chi connectivity index (χ0n) is 14.5. The normalized spacial score (nSPS) is 16.0. The van der Waals surface area contributed by atoms with Gasteiger partial charge in [-0.15, -0.1) is 0 Å². The van der Waals surface area contributed by atoms with E-state index in [1.807, 2.05) is 38.8 Å². The summed E-state index contributed by atoms with van der Waals surface area (Å²) >= 11 is 0. The molecule has 0 saturated carbocycles. The van der Waals surface area contributed by atoms with Crippen molar-refractivity contribution >= 4 is 11.7 Å². The second-order valence-corrected chi connectivity index (χ2v) is 7.38. The van der Waals surface area contributed by atoms with E-state index in [9.17, 15) is 4.79 Å². The van der Waals surface area contributed by atoms with E-state index < -0.39 is 0 Å². The first-order chi connectivity index (χ1) is 10.8. The van der Waals surface area contributed by atoms with Crippen LogP contribution < -0.4 is 4.90 Å². The predicted molar refractivity (Wildman–Crippen MR) is 91.0 cm³/mol. The van der Waals surface area contributed by atoms with Crippen LogP contribution in [-0.4, -0.2) is 42.5 Å². The van der Waals surface area contributed by atoms with Crippen LogP contribution in [0.3, 0.4) is 0 Å². The van der Waals surface area contributed by atoms with Gasteiger partial charge >= 0.3 is 0 Å². The lowest BCUT2D eigenvalue weighted by Gasteiger charge is -2.35. The Morgan fingerprint density at radius 1 is 1.43 bits per heavy atom. The minimum Gasteiger partial charge on any atom is -0.357 e. The minimum atomic E-state index is -0.322. The number of pyridine rings is 1. The molecule has 0 aromatic carbocycles. The van der Waals surface area contributed by atoms with Crippen molar-refractivity contribution in [3.05, 3.63) is 23.9 Å². The van der Waals surface area contributed by atoms with Gasteiger partial charge < -0.3 is 9.80 Å². The lowest BCUT2D eigenvalue weighted by Crippen LogP contribution is -2.42. The van der Waals surface area contributed by atoms with Crippen LogP contribution in [0.15, 0.2) is 18.3 Å². The molecule has 1 fully saturated rings. The third-order valence-electron chi connectivity index (χ3n) is 4.33. The van der Waals surface area contributed by atoms with E-state index in [1.165, 1.54) is 0 Å². The Balaban J connectivity index is 1.89. The van der Waals surface area contributed by atoms with Crippen LogP contribution in [0, 0.1) is 22.7 Å². The molecule has 0 N–H and O–H groups in total. The van der Waals surface area contributed by atoms with Crippen LogP contribution in [0.1, 0.15) is 39.2 Å². The Morgan fingerprint density at radius 3 is 2.65 bits per heavy atom. The van der Waals surface area contributed by atoms with Crippen LogP contribution in [0.2, 0.25) is 0 Å². The maximum absolute atomic E-state index is 12.3. The zero-order chi connectivity index (χ0) is 17.0. The molecule has 5 nitrogen and oxygen atoms in total. The smallest absolute Gasteiger partial charge is 0.227 e.